The van der Waals surface area contributed by atoms with Crippen LogP contribution in [0.25, 0.3) is 0 Å². The van der Waals surface area contributed by atoms with Crippen molar-refractivity contribution in [3.8, 4) is 5.75 Å². The lowest BCUT2D eigenvalue weighted by atomic mass is 10.1. The molecular formula is C15H14FNO2. The maximum atomic E-state index is 12.9. The van der Waals surface area contributed by atoms with E-state index in [-0.39, 0.29) is 23.9 Å². The van der Waals surface area contributed by atoms with Crippen molar-refractivity contribution in [2.24, 2.45) is 0 Å². The van der Waals surface area contributed by atoms with Crippen LogP contribution in [0.4, 0.5) is 10.1 Å². The lowest BCUT2D eigenvalue weighted by Crippen LogP contribution is -2.15. The highest BCUT2D eigenvalue weighted by Gasteiger charge is 2.09. The first kappa shape index (κ1) is 13.1. The third-order valence-electron chi connectivity index (χ3n) is 2.81. The standard InChI is InChI=1S/C15H14FNO2/c1-10-8-12(16)6-7-13(10)17-15(19)9-11-4-2-3-5-14(11)18/h2-8,18H,9H2,1H3,(H,17,19). The largest absolute Gasteiger partial charge is 0.508 e. The van der Waals surface area contributed by atoms with Gasteiger partial charge in [-0.25, -0.2) is 4.39 Å². The second-order valence-corrected chi connectivity index (χ2v) is 4.31. The van der Waals surface area contributed by atoms with E-state index in [0.29, 0.717) is 16.8 Å². The van der Waals surface area contributed by atoms with E-state index in [2.05, 4.69) is 5.32 Å². The summed E-state index contributed by atoms with van der Waals surface area (Å²) in [5.41, 5.74) is 1.78. The van der Waals surface area contributed by atoms with Crippen LogP contribution < -0.4 is 5.32 Å². The van der Waals surface area contributed by atoms with E-state index in [9.17, 15) is 14.3 Å². The Morgan fingerprint density at radius 1 is 1.26 bits per heavy atom. The summed E-state index contributed by atoms with van der Waals surface area (Å²) < 4.78 is 12.9. The van der Waals surface area contributed by atoms with E-state index in [1.807, 2.05) is 0 Å². The van der Waals surface area contributed by atoms with Gasteiger partial charge in [-0.3, -0.25) is 4.79 Å². The Morgan fingerprint density at radius 3 is 2.68 bits per heavy atom. The van der Waals surface area contributed by atoms with Crippen LogP contribution in [0.15, 0.2) is 42.5 Å². The van der Waals surface area contributed by atoms with Crippen molar-refractivity contribution in [2.45, 2.75) is 13.3 Å². The maximum absolute atomic E-state index is 12.9. The molecule has 2 N–H and O–H groups in total. The minimum Gasteiger partial charge on any atom is -0.508 e. The molecule has 0 atom stereocenters. The minimum atomic E-state index is -0.337. The molecule has 0 saturated carbocycles. The predicted octanol–water partition coefficient (Wildman–Crippen LogP) is 3.02. The van der Waals surface area contributed by atoms with Crippen LogP contribution in [-0.2, 0) is 11.2 Å². The Morgan fingerprint density at radius 2 is 2.00 bits per heavy atom. The van der Waals surface area contributed by atoms with Gasteiger partial charge in [0.25, 0.3) is 0 Å². The van der Waals surface area contributed by atoms with Gasteiger partial charge in [-0.1, -0.05) is 18.2 Å². The molecule has 3 nitrogen and oxygen atoms in total. The fraction of sp³-hybridized carbons (Fsp3) is 0.133. The predicted molar refractivity (Wildman–Crippen MR) is 71.6 cm³/mol. The van der Waals surface area contributed by atoms with Gasteiger partial charge in [0.1, 0.15) is 11.6 Å². The zero-order chi connectivity index (χ0) is 13.8. The van der Waals surface area contributed by atoms with Crippen molar-refractivity contribution in [3.05, 3.63) is 59.4 Å². The van der Waals surface area contributed by atoms with Gasteiger partial charge in [0.2, 0.25) is 5.91 Å². The van der Waals surface area contributed by atoms with Gasteiger partial charge in [0.05, 0.1) is 6.42 Å². The number of phenolic OH excluding ortho intramolecular Hbond substituents is 1. The maximum Gasteiger partial charge on any atom is 0.228 e. The summed E-state index contributed by atoms with van der Waals surface area (Å²) >= 11 is 0. The van der Waals surface area contributed by atoms with Crippen molar-refractivity contribution in [1.29, 1.82) is 0 Å². The van der Waals surface area contributed by atoms with Gasteiger partial charge < -0.3 is 10.4 Å². The van der Waals surface area contributed by atoms with Crippen LogP contribution in [0.2, 0.25) is 0 Å². The summed E-state index contributed by atoms with van der Waals surface area (Å²) in [6.07, 6.45) is 0.0729. The summed E-state index contributed by atoms with van der Waals surface area (Å²) in [6.45, 7) is 1.72. The summed E-state index contributed by atoms with van der Waals surface area (Å²) in [7, 11) is 0. The molecule has 4 heteroatoms. The Labute approximate surface area is 110 Å². The van der Waals surface area contributed by atoms with E-state index in [4.69, 9.17) is 0 Å². The van der Waals surface area contributed by atoms with Gasteiger partial charge in [0, 0.05) is 11.3 Å². The van der Waals surface area contributed by atoms with E-state index in [0.717, 1.165) is 0 Å². The number of amides is 1. The first-order valence-electron chi connectivity index (χ1n) is 5.89. The number of carbonyl (C=O) groups is 1. The summed E-state index contributed by atoms with van der Waals surface area (Å²) in [5.74, 6) is -0.499. The second-order valence-electron chi connectivity index (χ2n) is 4.31. The molecule has 0 aliphatic carbocycles. The van der Waals surface area contributed by atoms with Crippen LogP contribution in [0.1, 0.15) is 11.1 Å². The summed E-state index contributed by atoms with van der Waals surface area (Å²) in [6, 6.07) is 10.8. The molecule has 0 aliphatic rings. The van der Waals surface area contributed by atoms with Crippen molar-refractivity contribution in [3.63, 3.8) is 0 Å². The zero-order valence-electron chi connectivity index (χ0n) is 10.5. The van der Waals surface area contributed by atoms with E-state index >= 15 is 0 Å². The topological polar surface area (TPSA) is 49.3 Å². The number of benzene rings is 2. The number of rotatable bonds is 3. The van der Waals surface area contributed by atoms with E-state index in [1.54, 1.807) is 25.1 Å². The first-order chi connectivity index (χ1) is 9.06. The van der Waals surface area contributed by atoms with E-state index < -0.39 is 0 Å². The van der Waals surface area contributed by atoms with Gasteiger partial charge >= 0.3 is 0 Å². The van der Waals surface area contributed by atoms with Crippen LogP contribution in [0.3, 0.4) is 0 Å². The quantitative estimate of drug-likeness (QED) is 0.890. The fourth-order valence-corrected chi connectivity index (χ4v) is 1.80. The molecule has 0 spiro atoms. The molecule has 98 valence electrons. The molecule has 0 heterocycles. The lowest BCUT2D eigenvalue weighted by Gasteiger charge is -2.09. The van der Waals surface area contributed by atoms with Crippen molar-refractivity contribution in [1.82, 2.24) is 0 Å². The SMILES string of the molecule is Cc1cc(F)ccc1NC(=O)Cc1ccccc1O. The third-order valence-corrected chi connectivity index (χ3v) is 2.81. The van der Waals surface area contributed by atoms with E-state index in [1.165, 1.54) is 24.3 Å². The molecule has 0 aliphatic heterocycles. The molecule has 2 aromatic rings. The molecule has 0 unspecified atom stereocenters. The molecule has 0 aromatic heterocycles. The molecular weight excluding hydrogens is 245 g/mol. The summed E-state index contributed by atoms with van der Waals surface area (Å²) in [5, 5.41) is 12.3. The van der Waals surface area contributed by atoms with Crippen LogP contribution in [-0.4, -0.2) is 11.0 Å². The second kappa shape index (κ2) is 5.52. The number of aryl methyl sites for hydroxylation is 1. The van der Waals surface area contributed by atoms with Crippen LogP contribution in [0.5, 0.6) is 5.75 Å². The highest BCUT2D eigenvalue weighted by Crippen LogP contribution is 2.19. The molecule has 0 bridgehead atoms. The van der Waals surface area contributed by atoms with Crippen LogP contribution >= 0.6 is 0 Å². The normalized spacial score (nSPS) is 10.2. The smallest absolute Gasteiger partial charge is 0.228 e. The van der Waals surface area contributed by atoms with Gasteiger partial charge in [0.15, 0.2) is 0 Å². The number of carbonyl (C=O) groups excluding carboxylic acids is 1. The number of nitrogens with one attached hydrogen (secondary N) is 1. The van der Waals surface area contributed by atoms with Gasteiger partial charge in [-0.2, -0.15) is 0 Å². The lowest BCUT2D eigenvalue weighted by molar-refractivity contribution is -0.115. The average molecular weight is 259 g/mol. The molecule has 2 rings (SSSR count). The minimum absolute atomic E-state index is 0.0729. The number of hydrogen-bond donors (Lipinski definition) is 2. The Bertz CT molecular complexity index is 611. The van der Waals surface area contributed by atoms with Gasteiger partial charge in [-0.05, 0) is 36.8 Å². The highest BCUT2D eigenvalue weighted by molar-refractivity contribution is 5.93. The first-order valence-corrected chi connectivity index (χ1v) is 5.89. The van der Waals surface area contributed by atoms with Crippen molar-refractivity contribution < 1.29 is 14.3 Å². The van der Waals surface area contributed by atoms with Crippen molar-refractivity contribution in [2.75, 3.05) is 5.32 Å². The molecule has 1 amide bonds. The summed E-state index contributed by atoms with van der Waals surface area (Å²) in [4.78, 5) is 11.9. The van der Waals surface area contributed by atoms with Crippen LogP contribution in [0, 0.1) is 12.7 Å². The average Bonchev–Trinajstić information content (AvgIpc) is 2.36. The zero-order valence-corrected chi connectivity index (χ0v) is 10.5. The Kier molecular flexibility index (Phi) is 3.80. The van der Waals surface area contributed by atoms with Gasteiger partial charge in [-0.15, -0.1) is 0 Å². The number of halogens is 1. The molecule has 2 aromatic carbocycles. The Balaban J connectivity index is 2.08. The third kappa shape index (κ3) is 3.31. The highest BCUT2D eigenvalue weighted by atomic mass is 19.1. The number of hydrogen-bond acceptors (Lipinski definition) is 2. The number of para-hydroxylation sites is 1. The fourth-order valence-electron chi connectivity index (χ4n) is 1.80. The van der Waals surface area contributed by atoms with Crippen molar-refractivity contribution >= 4 is 11.6 Å². The molecule has 0 fully saturated rings. The number of phenols is 1. The molecule has 0 radical (unpaired) electrons. The molecule has 19 heavy (non-hydrogen) atoms. The monoisotopic (exact) mass is 259 g/mol. The molecule has 0 saturated heterocycles. The number of anilines is 1. The number of aromatic hydroxyl groups is 1. The Hall–Kier alpha value is -2.36.